The highest BCUT2D eigenvalue weighted by molar-refractivity contribution is 5.81. The summed E-state index contributed by atoms with van der Waals surface area (Å²) < 4.78 is 10.4. The molecule has 5 heteroatoms. The molecule has 0 bridgehead atoms. The molecule has 1 aromatic rings. The summed E-state index contributed by atoms with van der Waals surface area (Å²) in [4.78, 5) is 11.5. The number of hydrogen-bond donors (Lipinski definition) is 2. The molecule has 2 atom stereocenters. The Morgan fingerprint density at radius 3 is 2.33 bits per heavy atom. The van der Waals surface area contributed by atoms with E-state index in [0.29, 0.717) is 11.5 Å². The Hall–Kier alpha value is -1.75. The van der Waals surface area contributed by atoms with Crippen LogP contribution in [-0.4, -0.2) is 26.2 Å². The molecule has 1 rings (SSSR count). The van der Waals surface area contributed by atoms with E-state index in [4.69, 9.17) is 15.2 Å². The first kappa shape index (κ1) is 14.3. The van der Waals surface area contributed by atoms with Gasteiger partial charge in [-0.15, -0.1) is 0 Å². The molecule has 100 valence electrons. The predicted octanol–water partition coefficient (Wildman–Crippen LogP) is 1.23. The molecule has 18 heavy (non-hydrogen) atoms. The summed E-state index contributed by atoms with van der Waals surface area (Å²) in [5, 5.41) is 2.82. The van der Waals surface area contributed by atoms with Gasteiger partial charge in [-0.25, -0.2) is 0 Å². The van der Waals surface area contributed by atoms with E-state index in [1.165, 1.54) is 0 Å². The number of carbonyl (C=O) groups excluding carboxylic acids is 1. The summed E-state index contributed by atoms with van der Waals surface area (Å²) >= 11 is 0. The molecule has 0 saturated heterocycles. The van der Waals surface area contributed by atoms with Crippen LogP contribution in [0.25, 0.3) is 0 Å². The fourth-order valence-corrected chi connectivity index (χ4v) is 1.55. The smallest absolute Gasteiger partial charge is 0.237 e. The van der Waals surface area contributed by atoms with Crippen LogP contribution in [-0.2, 0) is 4.79 Å². The van der Waals surface area contributed by atoms with Crippen molar-refractivity contribution in [3.8, 4) is 11.5 Å². The van der Waals surface area contributed by atoms with Crippen LogP contribution < -0.4 is 20.5 Å². The fraction of sp³-hybridized carbons (Fsp3) is 0.462. The number of nitrogens with two attached hydrogens (primary N) is 1. The molecular weight excluding hydrogens is 232 g/mol. The lowest BCUT2D eigenvalue weighted by Gasteiger charge is -2.17. The number of carbonyl (C=O) groups is 1. The zero-order valence-electron chi connectivity index (χ0n) is 11.2. The van der Waals surface area contributed by atoms with Gasteiger partial charge in [-0.1, -0.05) is 6.07 Å². The second-order valence-electron chi connectivity index (χ2n) is 4.13. The van der Waals surface area contributed by atoms with Gasteiger partial charge in [0.25, 0.3) is 0 Å². The lowest BCUT2D eigenvalue weighted by molar-refractivity contribution is -0.122. The molecule has 3 N–H and O–H groups in total. The van der Waals surface area contributed by atoms with E-state index in [1.54, 1.807) is 21.1 Å². The van der Waals surface area contributed by atoms with E-state index < -0.39 is 6.04 Å². The van der Waals surface area contributed by atoms with Crippen molar-refractivity contribution in [1.29, 1.82) is 0 Å². The highest BCUT2D eigenvalue weighted by Crippen LogP contribution is 2.29. The molecule has 1 amide bonds. The Kier molecular flexibility index (Phi) is 4.97. The minimum atomic E-state index is -0.521. The second-order valence-corrected chi connectivity index (χ2v) is 4.13. The highest BCUT2D eigenvalue weighted by atomic mass is 16.5. The number of hydrogen-bond acceptors (Lipinski definition) is 4. The third-order valence-corrected chi connectivity index (χ3v) is 2.68. The Morgan fingerprint density at radius 1 is 1.22 bits per heavy atom. The van der Waals surface area contributed by atoms with Crippen LogP contribution in [0.1, 0.15) is 25.5 Å². The average Bonchev–Trinajstić information content (AvgIpc) is 2.37. The number of benzene rings is 1. The molecule has 0 heterocycles. The van der Waals surface area contributed by atoms with Crippen LogP contribution >= 0.6 is 0 Å². The average molecular weight is 252 g/mol. The molecule has 2 unspecified atom stereocenters. The summed E-state index contributed by atoms with van der Waals surface area (Å²) in [6, 6.07) is 4.87. The van der Waals surface area contributed by atoms with Crippen molar-refractivity contribution in [3.63, 3.8) is 0 Å². The molecular formula is C13H20N2O3. The first-order chi connectivity index (χ1) is 8.49. The predicted molar refractivity (Wildman–Crippen MR) is 69.8 cm³/mol. The standard InChI is InChI=1S/C13H20N2O3/c1-8(14)13(16)15-9(2)10-5-6-11(17-3)12(7-10)18-4/h5-9H,14H2,1-4H3,(H,15,16). The van der Waals surface area contributed by atoms with Gasteiger partial charge in [0.05, 0.1) is 26.3 Å². The maximum absolute atomic E-state index is 11.5. The van der Waals surface area contributed by atoms with E-state index in [9.17, 15) is 4.79 Å². The molecule has 0 aliphatic heterocycles. The van der Waals surface area contributed by atoms with Gasteiger partial charge in [0.2, 0.25) is 5.91 Å². The van der Waals surface area contributed by atoms with E-state index in [2.05, 4.69) is 5.32 Å². The molecule has 0 aliphatic carbocycles. The van der Waals surface area contributed by atoms with Gasteiger partial charge in [-0.2, -0.15) is 0 Å². The molecule has 0 aromatic heterocycles. The number of methoxy groups -OCH3 is 2. The van der Waals surface area contributed by atoms with Crippen LogP contribution in [0.15, 0.2) is 18.2 Å². The van der Waals surface area contributed by atoms with Crippen LogP contribution in [0.5, 0.6) is 11.5 Å². The van der Waals surface area contributed by atoms with E-state index in [-0.39, 0.29) is 11.9 Å². The Labute approximate surface area is 107 Å². The maximum atomic E-state index is 11.5. The molecule has 0 fully saturated rings. The first-order valence-electron chi connectivity index (χ1n) is 5.77. The van der Waals surface area contributed by atoms with Crippen molar-refractivity contribution in [1.82, 2.24) is 5.32 Å². The van der Waals surface area contributed by atoms with E-state index >= 15 is 0 Å². The minimum Gasteiger partial charge on any atom is -0.493 e. The summed E-state index contributed by atoms with van der Waals surface area (Å²) in [6.07, 6.45) is 0. The SMILES string of the molecule is COc1ccc(C(C)NC(=O)C(C)N)cc1OC. The third kappa shape index (κ3) is 3.37. The summed E-state index contributed by atoms with van der Waals surface area (Å²) in [7, 11) is 3.16. The Balaban J connectivity index is 2.86. The minimum absolute atomic E-state index is 0.136. The maximum Gasteiger partial charge on any atom is 0.237 e. The van der Waals surface area contributed by atoms with Crippen molar-refractivity contribution in [2.45, 2.75) is 25.9 Å². The van der Waals surface area contributed by atoms with Crippen LogP contribution in [0.4, 0.5) is 0 Å². The molecule has 0 saturated carbocycles. The normalized spacial score (nSPS) is 13.6. The van der Waals surface area contributed by atoms with Crippen LogP contribution in [0, 0.1) is 0 Å². The van der Waals surface area contributed by atoms with Gasteiger partial charge < -0.3 is 20.5 Å². The monoisotopic (exact) mass is 252 g/mol. The molecule has 0 spiro atoms. The topological polar surface area (TPSA) is 73.6 Å². The highest BCUT2D eigenvalue weighted by Gasteiger charge is 2.14. The third-order valence-electron chi connectivity index (χ3n) is 2.68. The zero-order valence-corrected chi connectivity index (χ0v) is 11.2. The second kappa shape index (κ2) is 6.26. The zero-order chi connectivity index (χ0) is 13.7. The van der Waals surface area contributed by atoms with Gasteiger partial charge in [-0.05, 0) is 31.5 Å². The largest absolute Gasteiger partial charge is 0.493 e. The van der Waals surface area contributed by atoms with Crippen LogP contribution in [0.2, 0.25) is 0 Å². The van der Waals surface area contributed by atoms with Crippen LogP contribution in [0.3, 0.4) is 0 Å². The fourth-order valence-electron chi connectivity index (χ4n) is 1.55. The quantitative estimate of drug-likeness (QED) is 0.826. The number of ether oxygens (including phenoxy) is 2. The molecule has 0 radical (unpaired) electrons. The van der Waals surface area contributed by atoms with Crippen molar-refractivity contribution in [2.24, 2.45) is 5.73 Å². The molecule has 0 aliphatic rings. The Bertz CT molecular complexity index is 419. The van der Waals surface area contributed by atoms with Crippen molar-refractivity contribution >= 4 is 5.91 Å². The summed E-state index contributed by atoms with van der Waals surface area (Å²) in [5.41, 5.74) is 6.44. The van der Waals surface area contributed by atoms with Gasteiger partial charge >= 0.3 is 0 Å². The van der Waals surface area contributed by atoms with Gasteiger partial charge in [0.1, 0.15) is 0 Å². The van der Waals surface area contributed by atoms with Gasteiger partial charge in [0, 0.05) is 0 Å². The lowest BCUT2D eigenvalue weighted by atomic mass is 10.1. The molecule has 1 aromatic carbocycles. The summed E-state index contributed by atoms with van der Waals surface area (Å²) in [6.45, 7) is 3.54. The van der Waals surface area contributed by atoms with Crippen molar-refractivity contribution < 1.29 is 14.3 Å². The number of rotatable bonds is 5. The van der Waals surface area contributed by atoms with E-state index in [1.807, 2.05) is 25.1 Å². The molecule has 5 nitrogen and oxygen atoms in total. The van der Waals surface area contributed by atoms with Gasteiger partial charge in [-0.3, -0.25) is 4.79 Å². The van der Waals surface area contributed by atoms with Gasteiger partial charge in [0.15, 0.2) is 11.5 Å². The number of nitrogens with one attached hydrogen (secondary N) is 1. The Morgan fingerprint density at radius 2 is 1.83 bits per heavy atom. The van der Waals surface area contributed by atoms with Crippen molar-refractivity contribution in [3.05, 3.63) is 23.8 Å². The van der Waals surface area contributed by atoms with Crippen molar-refractivity contribution in [2.75, 3.05) is 14.2 Å². The first-order valence-corrected chi connectivity index (χ1v) is 5.77. The lowest BCUT2D eigenvalue weighted by Crippen LogP contribution is -2.39. The number of amides is 1. The van der Waals surface area contributed by atoms with E-state index in [0.717, 1.165) is 5.56 Å². The summed E-state index contributed by atoms with van der Waals surface area (Å²) in [5.74, 6) is 1.11.